The predicted octanol–water partition coefficient (Wildman–Crippen LogP) is 10.2. The standard InChI is InChI=1S/C24H25N5O.C24H23N5O.5H2/c2*1-15-18-10-11-20-22(24(18,2)12-19(25-3)21(15)30)27-23(16-13-26-28(4)14-16)29(20)17-8-6-5-7-9-17;;;;;/h5-9,13-15,18,30H,10-12H2,1-2,4H3;5-9,12-15,18H,10-11H2,1-2,4H3;5*1H/t2*15-,18-,24-;;;;;/m00...../s1/i;;4*1+2T;1+2. The van der Waals surface area contributed by atoms with Crippen LogP contribution in [0.5, 0.6) is 0 Å². The number of ketones is 1. The van der Waals surface area contributed by atoms with Gasteiger partial charge in [0.15, 0.2) is 5.78 Å². The number of aryl methyl sites for hydroxylation is 2. The van der Waals surface area contributed by atoms with Crippen LogP contribution in [0.4, 0.5) is 0 Å². The van der Waals surface area contributed by atoms with Gasteiger partial charge in [-0.05, 0) is 68.2 Å². The molecule has 0 saturated heterocycles. The zero-order valence-electron chi connectivity index (χ0n) is 42.8. The molecule has 4 aliphatic rings. The number of benzene rings is 2. The number of carbonyl (C=O) groups excluding carboxylic acids is 1. The molecule has 4 aromatic heterocycles. The summed E-state index contributed by atoms with van der Waals surface area (Å²) in [6, 6.07) is 20.6. The lowest BCUT2D eigenvalue weighted by molar-refractivity contribution is -0.121. The molecule has 12 heteroatoms. The van der Waals surface area contributed by atoms with Crippen LogP contribution < -0.4 is 0 Å². The van der Waals surface area contributed by atoms with Crippen molar-refractivity contribution in [3.05, 3.63) is 154 Å². The SMILES string of the molecule is [3HH].[3H][3H].[3H][3H].[3H][3H].[3H][3H].[C-]#[N+]C1=C(O)[C@@H](C)[C@@H]2CCc3c(nc(-c4cnn(C)c4)n3-c3ccccc3)[C@@]2(C)C1.[C-]#[N+]C1=C[C@]2(C)c3nc(-c4cnn(C)c4)n(-c4ccccc4)c3CC[C@H]2[C@H](C)C1=O. The summed E-state index contributed by atoms with van der Waals surface area (Å²) in [6.07, 6.45) is 13.6. The molecule has 2 aromatic carbocycles. The molecule has 0 unspecified atom stereocenters. The summed E-state index contributed by atoms with van der Waals surface area (Å²) in [5.41, 5.74) is 8.45. The van der Waals surface area contributed by atoms with Crippen LogP contribution >= 0.6 is 0 Å². The van der Waals surface area contributed by atoms with Gasteiger partial charge in [0.1, 0.15) is 11.6 Å². The Hall–Kier alpha value is -6.79. The molecule has 0 fully saturated rings. The minimum Gasteiger partial charge on any atom is -0.523 e. The first-order valence-electron chi connectivity index (χ1n) is 24.6. The van der Waals surface area contributed by atoms with E-state index in [9.17, 15) is 9.90 Å². The molecule has 10 rings (SSSR count). The number of Topliss-reactive ketones (excluding diaryl/α,β-unsaturated/α-hetero) is 1. The summed E-state index contributed by atoms with van der Waals surface area (Å²) in [7, 11) is 3.81. The van der Waals surface area contributed by atoms with Gasteiger partial charge < -0.3 is 9.90 Å². The van der Waals surface area contributed by atoms with Crippen LogP contribution in [0.15, 0.2) is 109 Å². The Balaban J connectivity index is 0.000000260. The Morgan fingerprint density at radius 1 is 0.767 bits per heavy atom. The lowest BCUT2D eigenvalue weighted by Crippen LogP contribution is -2.45. The van der Waals surface area contributed by atoms with Crippen molar-refractivity contribution < 1.29 is 23.2 Å². The molecule has 12 nitrogen and oxygen atoms in total. The molecule has 0 bridgehead atoms. The second kappa shape index (κ2) is 14.5. The van der Waals surface area contributed by atoms with Gasteiger partial charge in [-0.25, -0.2) is 19.7 Å². The molecule has 0 amide bonds. The number of carbonyl (C=O) groups is 1. The van der Waals surface area contributed by atoms with E-state index in [1.54, 1.807) is 9.36 Å². The zero-order chi connectivity index (χ0) is 50.1. The molecule has 0 aliphatic heterocycles. The number of aliphatic hydroxyl groups excluding tert-OH is 1. The van der Waals surface area contributed by atoms with E-state index in [0.717, 1.165) is 76.9 Å². The first-order chi connectivity index (χ1) is 32.9. The molecule has 60 heavy (non-hydrogen) atoms. The number of nitrogens with zero attached hydrogens (tertiary/aromatic N) is 10. The molecule has 312 valence electrons. The summed E-state index contributed by atoms with van der Waals surface area (Å²) in [5, 5.41) is 19.3. The third-order valence-corrected chi connectivity index (χ3v) is 13.8. The van der Waals surface area contributed by atoms with Gasteiger partial charge in [-0.15, -0.1) is 0 Å². The van der Waals surface area contributed by atoms with Crippen molar-refractivity contribution in [1.29, 1.82) is 0 Å². The van der Waals surface area contributed by atoms with E-state index in [2.05, 4.69) is 67.1 Å². The number of fused-ring (bicyclic) bond motifs is 6. The molecular weight excluding hydrogens is 749 g/mol. The number of hydrogen-bond donors (Lipinski definition) is 1. The highest BCUT2D eigenvalue weighted by molar-refractivity contribution is 6.00. The smallest absolute Gasteiger partial charge is 0.226 e. The highest BCUT2D eigenvalue weighted by Gasteiger charge is 2.52. The van der Waals surface area contributed by atoms with Gasteiger partial charge in [-0.1, -0.05) is 70.2 Å². The van der Waals surface area contributed by atoms with E-state index in [4.69, 9.17) is 35.0 Å². The third-order valence-electron chi connectivity index (χ3n) is 13.8. The van der Waals surface area contributed by atoms with Crippen LogP contribution in [0.2, 0.25) is 0 Å². The van der Waals surface area contributed by atoms with Crippen molar-refractivity contribution in [3.8, 4) is 34.2 Å². The Morgan fingerprint density at radius 2 is 1.28 bits per heavy atom. The van der Waals surface area contributed by atoms with Crippen LogP contribution in [-0.4, -0.2) is 49.6 Å². The monoisotopic (exact) mass is 825 g/mol. The fourth-order valence-corrected chi connectivity index (χ4v) is 10.8. The highest BCUT2D eigenvalue weighted by Crippen LogP contribution is 2.55. The zero-order valence-corrected chi connectivity index (χ0v) is 34.8. The highest BCUT2D eigenvalue weighted by atomic mass is 16.3. The molecule has 4 heterocycles. The first kappa shape index (κ1) is 34.1. The maximum absolute atomic E-state index is 12.7. The summed E-state index contributed by atoms with van der Waals surface area (Å²) in [6.45, 7) is 23.5. The summed E-state index contributed by atoms with van der Waals surface area (Å²) >= 11 is 0. The number of rotatable bonds is 4. The molecule has 6 atom stereocenters. The van der Waals surface area contributed by atoms with Crippen molar-refractivity contribution in [3.63, 3.8) is 0 Å². The molecule has 4 aliphatic carbocycles. The van der Waals surface area contributed by atoms with E-state index in [1.165, 1.54) is 5.69 Å². The number of hydrogen-bond acceptors (Lipinski definition) is 6. The van der Waals surface area contributed by atoms with Crippen molar-refractivity contribution in [2.45, 2.75) is 70.6 Å². The summed E-state index contributed by atoms with van der Waals surface area (Å²) in [5.74, 6) is 2.16. The fraction of sp³-hybridized carbons (Fsp3) is 0.354. The van der Waals surface area contributed by atoms with Gasteiger partial charge in [-0.2, -0.15) is 10.2 Å². The normalized spacial score (nSPS) is 25.9. The molecular formula is C48H58N10O2. The maximum Gasteiger partial charge on any atom is 0.226 e. The Morgan fingerprint density at radius 3 is 1.78 bits per heavy atom. The van der Waals surface area contributed by atoms with Gasteiger partial charge in [0.05, 0.1) is 53.8 Å². The minimum atomic E-state index is -0.447. The maximum atomic E-state index is 12.7. The molecule has 0 saturated carbocycles. The van der Waals surface area contributed by atoms with Gasteiger partial charge in [-0.3, -0.25) is 18.5 Å². The van der Waals surface area contributed by atoms with Crippen molar-refractivity contribution >= 4 is 5.78 Å². The van der Waals surface area contributed by atoms with Crippen LogP contribution in [0.3, 0.4) is 0 Å². The average Bonchev–Trinajstić information content (AvgIpc) is 4.20. The van der Waals surface area contributed by atoms with Crippen molar-refractivity contribution in [1.82, 2.24) is 38.7 Å². The van der Waals surface area contributed by atoms with E-state index in [0.29, 0.717) is 12.1 Å². The lowest BCUT2D eigenvalue weighted by atomic mass is 9.58. The Labute approximate surface area is 364 Å². The second-order valence-corrected chi connectivity index (χ2v) is 17.3. The molecule has 0 radical (unpaired) electrons. The Bertz CT molecular complexity index is 2840. The average molecular weight is 825 g/mol. The van der Waals surface area contributed by atoms with Gasteiger partial charge in [0, 0.05) is 85.2 Å². The fourth-order valence-electron chi connectivity index (χ4n) is 10.8. The number of para-hydroxylation sites is 2. The first-order valence-corrected chi connectivity index (χ1v) is 20.6. The van der Waals surface area contributed by atoms with Crippen molar-refractivity contribution in [2.75, 3.05) is 0 Å². The van der Waals surface area contributed by atoms with Crippen LogP contribution in [0.25, 0.3) is 43.8 Å². The molecule has 1 N–H and O–H groups in total. The minimum absolute atomic E-state index is 0. The van der Waals surface area contributed by atoms with Crippen LogP contribution in [-0.2, 0) is 42.6 Å². The summed E-state index contributed by atoms with van der Waals surface area (Å²) < 4.78 is 48.1. The Kier molecular flexibility index (Phi) is 8.24. The van der Waals surface area contributed by atoms with Crippen molar-refractivity contribution in [2.24, 2.45) is 37.8 Å². The largest absolute Gasteiger partial charge is 0.523 e. The topological polar surface area (TPSA) is 117 Å². The summed E-state index contributed by atoms with van der Waals surface area (Å²) in [4.78, 5) is 30.2. The lowest BCUT2D eigenvalue weighted by Gasteiger charge is -2.47. The van der Waals surface area contributed by atoms with Gasteiger partial charge in [0.2, 0.25) is 11.4 Å². The quantitative estimate of drug-likeness (QED) is 0.177. The third kappa shape index (κ3) is 5.96. The van der Waals surface area contributed by atoms with E-state index >= 15 is 0 Å². The number of aliphatic hydroxyl groups is 1. The molecule has 0 spiro atoms. The second-order valence-electron chi connectivity index (χ2n) is 17.3. The predicted molar refractivity (Wildman–Crippen MR) is 239 cm³/mol. The number of aromatic nitrogens is 8. The van der Waals surface area contributed by atoms with Crippen LogP contribution in [0, 0.1) is 36.8 Å². The van der Waals surface area contributed by atoms with E-state index < -0.39 is 5.41 Å². The van der Waals surface area contributed by atoms with Gasteiger partial charge in [0.25, 0.3) is 0 Å². The molecule has 6 aromatic rings. The van der Waals surface area contributed by atoms with E-state index in [1.807, 2.05) is 95.2 Å². The number of imidazole rings is 2. The van der Waals surface area contributed by atoms with E-state index in [-0.39, 0.29) is 47.8 Å². The van der Waals surface area contributed by atoms with Crippen LogP contribution in [0.1, 0.15) is 83.0 Å². The van der Waals surface area contributed by atoms with Gasteiger partial charge >= 0.3 is 0 Å². The number of allylic oxidation sites excluding steroid dienone is 4.